The molecular weight excluding hydrogens is 266 g/mol. The van der Waals surface area contributed by atoms with Gasteiger partial charge in [0.25, 0.3) is 0 Å². The van der Waals surface area contributed by atoms with Gasteiger partial charge in [0.15, 0.2) is 0 Å². The highest BCUT2D eigenvalue weighted by molar-refractivity contribution is 5.24. The van der Waals surface area contributed by atoms with Gasteiger partial charge in [-0.15, -0.1) is 0 Å². The van der Waals surface area contributed by atoms with E-state index in [1.54, 1.807) is 19.3 Å². The Morgan fingerprint density at radius 3 is 2.00 bits per heavy atom. The van der Waals surface area contributed by atoms with Crippen molar-refractivity contribution in [2.24, 2.45) is 23.2 Å². The van der Waals surface area contributed by atoms with Crippen LogP contribution in [0, 0.1) is 23.2 Å². The van der Waals surface area contributed by atoms with Crippen LogP contribution in [0.5, 0.6) is 0 Å². The van der Waals surface area contributed by atoms with E-state index >= 15 is 0 Å². The van der Waals surface area contributed by atoms with Crippen LogP contribution in [-0.2, 0) is 6.54 Å². The largest absolute Gasteiger partial charge is 0.312 e. The molecule has 0 spiro atoms. The van der Waals surface area contributed by atoms with Crippen molar-refractivity contribution in [3.63, 3.8) is 0 Å². The normalized spacial score (nSPS) is 36.2. The molecule has 1 heteroatoms. The zero-order chi connectivity index (χ0) is 15.2. The molecular formula is C21H31N. The van der Waals surface area contributed by atoms with Gasteiger partial charge in [-0.3, -0.25) is 0 Å². The van der Waals surface area contributed by atoms with Gasteiger partial charge in [0.05, 0.1) is 0 Å². The van der Waals surface area contributed by atoms with Crippen molar-refractivity contribution in [1.29, 1.82) is 0 Å². The second kappa shape index (κ2) is 5.67. The molecule has 4 fully saturated rings. The highest BCUT2D eigenvalue weighted by atomic mass is 14.9. The summed E-state index contributed by atoms with van der Waals surface area (Å²) in [4.78, 5) is 0. The number of hydrogen-bond donors (Lipinski definition) is 1. The average Bonchev–Trinajstić information content (AvgIpc) is 2.46. The lowest BCUT2D eigenvalue weighted by Crippen LogP contribution is -2.50. The first-order valence-corrected chi connectivity index (χ1v) is 9.41. The smallest absolute Gasteiger partial charge is 0.0205 e. The summed E-state index contributed by atoms with van der Waals surface area (Å²) < 4.78 is 0. The van der Waals surface area contributed by atoms with Crippen molar-refractivity contribution >= 4 is 0 Å². The number of nitrogens with one attached hydrogen (secondary N) is 1. The first kappa shape index (κ1) is 14.8. The molecule has 1 aromatic rings. The van der Waals surface area contributed by atoms with Crippen molar-refractivity contribution in [3.8, 4) is 0 Å². The zero-order valence-electron chi connectivity index (χ0n) is 14.3. The number of hydrogen-bond acceptors (Lipinski definition) is 1. The van der Waals surface area contributed by atoms with Crippen LogP contribution in [0.4, 0.5) is 0 Å². The fourth-order valence-corrected chi connectivity index (χ4v) is 6.00. The Kier molecular flexibility index (Phi) is 3.80. The van der Waals surface area contributed by atoms with E-state index in [1.165, 1.54) is 36.9 Å². The molecule has 1 nitrogen and oxygen atoms in total. The molecule has 4 aliphatic rings. The molecule has 1 N–H and O–H groups in total. The summed E-state index contributed by atoms with van der Waals surface area (Å²) in [6.07, 6.45) is 9.19. The monoisotopic (exact) mass is 297 g/mol. The molecule has 0 aliphatic heterocycles. The maximum Gasteiger partial charge on any atom is 0.0205 e. The van der Waals surface area contributed by atoms with Crippen molar-refractivity contribution in [2.75, 3.05) is 6.54 Å². The summed E-state index contributed by atoms with van der Waals surface area (Å²) in [6.45, 7) is 6.82. The third-order valence-electron chi connectivity index (χ3n) is 6.64. The van der Waals surface area contributed by atoms with E-state index in [2.05, 4.69) is 43.4 Å². The molecule has 0 aromatic heterocycles. The van der Waals surface area contributed by atoms with Crippen LogP contribution in [0.2, 0.25) is 0 Å². The lowest BCUT2D eigenvalue weighted by atomic mass is 9.49. The van der Waals surface area contributed by atoms with Gasteiger partial charge in [0, 0.05) is 13.1 Å². The number of rotatable bonds is 5. The maximum absolute atomic E-state index is 3.81. The van der Waals surface area contributed by atoms with Crippen molar-refractivity contribution in [2.45, 2.75) is 64.8 Å². The summed E-state index contributed by atoms with van der Waals surface area (Å²) in [5.41, 5.74) is 3.55. The standard InChI is InChI=1S/C21H31N/c1-15(2)20-5-3-16(4-6-20)13-22-14-21-10-17-7-18(11-21)9-19(8-17)12-21/h3-6,15,17-19,22H,7-14H2,1-2H3. The maximum atomic E-state index is 3.81. The van der Waals surface area contributed by atoms with Gasteiger partial charge in [-0.25, -0.2) is 0 Å². The van der Waals surface area contributed by atoms with Crippen molar-refractivity contribution in [1.82, 2.24) is 5.32 Å². The second-order valence-corrected chi connectivity index (χ2v) is 8.92. The zero-order valence-corrected chi connectivity index (χ0v) is 14.3. The van der Waals surface area contributed by atoms with E-state index in [4.69, 9.17) is 0 Å². The molecule has 22 heavy (non-hydrogen) atoms. The average molecular weight is 297 g/mol. The predicted octanol–water partition coefficient (Wildman–Crippen LogP) is 5.12. The molecule has 0 heterocycles. The first-order chi connectivity index (χ1) is 10.6. The highest BCUT2D eigenvalue weighted by Gasteiger charge is 2.50. The Labute approximate surface area is 135 Å². The molecule has 4 bridgehead atoms. The third kappa shape index (κ3) is 2.85. The van der Waals surface area contributed by atoms with Gasteiger partial charge in [-0.2, -0.15) is 0 Å². The predicted molar refractivity (Wildman–Crippen MR) is 92.8 cm³/mol. The second-order valence-electron chi connectivity index (χ2n) is 8.92. The summed E-state index contributed by atoms with van der Waals surface area (Å²) in [7, 11) is 0. The van der Waals surface area contributed by atoms with Crippen molar-refractivity contribution < 1.29 is 0 Å². The van der Waals surface area contributed by atoms with E-state index in [-0.39, 0.29) is 0 Å². The van der Waals surface area contributed by atoms with Gasteiger partial charge in [-0.1, -0.05) is 38.1 Å². The molecule has 5 rings (SSSR count). The Morgan fingerprint density at radius 1 is 0.955 bits per heavy atom. The summed E-state index contributed by atoms with van der Waals surface area (Å²) in [5, 5.41) is 3.81. The fraction of sp³-hybridized carbons (Fsp3) is 0.714. The molecule has 0 atom stereocenters. The Balaban J connectivity index is 1.33. The van der Waals surface area contributed by atoms with Gasteiger partial charge in [0.1, 0.15) is 0 Å². The SMILES string of the molecule is CC(C)c1ccc(CNCC23CC4CC(CC(C4)C2)C3)cc1. The molecule has 4 aliphatic carbocycles. The van der Waals surface area contributed by atoms with Crippen LogP contribution >= 0.6 is 0 Å². The minimum atomic E-state index is 0.633. The molecule has 0 amide bonds. The van der Waals surface area contributed by atoms with E-state index < -0.39 is 0 Å². The lowest BCUT2D eigenvalue weighted by Gasteiger charge is -2.57. The number of benzene rings is 1. The van der Waals surface area contributed by atoms with Crippen molar-refractivity contribution in [3.05, 3.63) is 35.4 Å². The Hall–Kier alpha value is -0.820. The summed E-state index contributed by atoms with van der Waals surface area (Å²) in [6, 6.07) is 9.21. The Bertz CT molecular complexity index is 478. The fourth-order valence-electron chi connectivity index (χ4n) is 6.00. The van der Waals surface area contributed by atoms with Crippen LogP contribution in [0.25, 0.3) is 0 Å². The van der Waals surface area contributed by atoms with Gasteiger partial charge in [0.2, 0.25) is 0 Å². The molecule has 1 aromatic carbocycles. The first-order valence-electron chi connectivity index (χ1n) is 9.41. The minimum absolute atomic E-state index is 0.633. The molecule has 0 radical (unpaired) electrons. The lowest BCUT2D eigenvalue weighted by molar-refractivity contribution is -0.0514. The molecule has 4 saturated carbocycles. The van der Waals surface area contributed by atoms with Gasteiger partial charge < -0.3 is 5.32 Å². The van der Waals surface area contributed by atoms with Crippen LogP contribution in [0.3, 0.4) is 0 Å². The van der Waals surface area contributed by atoms with Crippen LogP contribution in [-0.4, -0.2) is 6.54 Å². The van der Waals surface area contributed by atoms with E-state index in [0.29, 0.717) is 11.3 Å². The third-order valence-corrected chi connectivity index (χ3v) is 6.64. The van der Waals surface area contributed by atoms with E-state index in [9.17, 15) is 0 Å². The Morgan fingerprint density at radius 2 is 1.50 bits per heavy atom. The summed E-state index contributed by atoms with van der Waals surface area (Å²) in [5.74, 6) is 3.84. The van der Waals surface area contributed by atoms with Crippen LogP contribution in [0.15, 0.2) is 24.3 Å². The highest BCUT2D eigenvalue weighted by Crippen LogP contribution is 2.59. The molecule has 0 unspecified atom stereocenters. The topological polar surface area (TPSA) is 12.0 Å². The quantitative estimate of drug-likeness (QED) is 0.795. The molecule has 120 valence electrons. The van der Waals surface area contributed by atoms with E-state index in [1.807, 2.05) is 0 Å². The van der Waals surface area contributed by atoms with E-state index in [0.717, 1.165) is 24.3 Å². The van der Waals surface area contributed by atoms with Crippen LogP contribution in [0.1, 0.15) is 69.4 Å². The minimum Gasteiger partial charge on any atom is -0.312 e. The van der Waals surface area contributed by atoms with Gasteiger partial charge in [-0.05, 0) is 78.7 Å². The van der Waals surface area contributed by atoms with Crippen LogP contribution < -0.4 is 5.32 Å². The summed E-state index contributed by atoms with van der Waals surface area (Å²) >= 11 is 0. The van der Waals surface area contributed by atoms with Gasteiger partial charge >= 0.3 is 0 Å². The molecule has 0 saturated heterocycles.